The van der Waals surface area contributed by atoms with Crippen molar-refractivity contribution in [3.63, 3.8) is 0 Å². The molecule has 120 valence electrons. The predicted octanol–water partition coefficient (Wildman–Crippen LogP) is 4.56. The van der Waals surface area contributed by atoms with Crippen molar-refractivity contribution in [3.8, 4) is 0 Å². The molecule has 2 N–H and O–H groups in total. The van der Waals surface area contributed by atoms with Crippen molar-refractivity contribution in [1.82, 2.24) is 5.32 Å². The molecule has 1 heterocycles. The van der Waals surface area contributed by atoms with Crippen LogP contribution in [0.3, 0.4) is 0 Å². The molecule has 0 radical (unpaired) electrons. The van der Waals surface area contributed by atoms with Crippen LogP contribution in [0.4, 0.5) is 0 Å². The molecule has 0 bridgehead atoms. The highest BCUT2D eigenvalue weighted by Crippen LogP contribution is 2.64. The van der Waals surface area contributed by atoms with Gasteiger partial charge in [-0.2, -0.15) is 0 Å². The lowest BCUT2D eigenvalue weighted by molar-refractivity contribution is 0.107. The third-order valence-corrected chi connectivity index (χ3v) is 14.4. The molecule has 0 amide bonds. The highest BCUT2D eigenvalue weighted by Gasteiger charge is 2.60. The van der Waals surface area contributed by atoms with Gasteiger partial charge in [0.1, 0.15) is 0 Å². The van der Waals surface area contributed by atoms with E-state index in [0.717, 1.165) is 19.0 Å². The largest absolute Gasteiger partial charge is 0.392 e. The molecule has 20 heavy (non-hydrogen) atoms. The second-order valence-electron chi connectivity index (χ2n) is 9.78. The maximum Gasteiger partial charge on any atom is 0.0723 e. The average Bonchev–Trinajstić information content (AvgIpc) is 2.04. The Morgan fingerprint density at radius 3 is 1.50 bits per heavy atom. The summed E-state index contributed by atoms with van der Waals surface area (Å²) in [5.74, 6) is 0. The smallest absolute Gasteiger partial charge is 0.0723 e. The maximum absolute atomic E-state index is 10.8. The van der Waals surface area contributed by atoms with Crippen molar-refractivity contribution < 1.29 is 5.11 Å². The van der Waals surface area contributed by atoms with E-state index in [9.17, 15) is 5.11 Å². The zero-order chi connectivity index (χ0) is 16.0. The summed E-state index contributed by atoms with van der Waals surface area (Å²) in [6.45, 7) is 22.7. The topological polar surface area (TPSA) is 32.3 Å². The lowest BCUT2D eigenvalue weighted by Crippen LogP contribution is -2.62. The normalized spacial score (nSPS) is 23.4. The molecule has 1 aliphatic heterocycles. The van der Waals surface area contributed by atoms with Crippen molar-refractivity contribution >= 4 is 8.07 Å². The minimum atomic E-state index is -1.80. The fourth-order valence-electron chi connectivity index (χ4n) is 5.39. The number of rotatable bonds is 3. The summed E-state index contributed by atoms with van der Waals surface area (Å²) < 4.78 is 0. The number of aliphatic hydroxyl groups excluding tert-OH is 1. The van der Waals surface area contributed by atoms with Gasteiger partial charge in [0.2, 0.25) is 0 Å². The molecule has 1 unspecified atom stereocenters. The molecule has 0 spiro atoms. The molecule has 0 aromatic heterocycles. The van der Waals surface area contributed by atoms with Crippen LogP contribution in [0.25, 0.3) is 0 Å². The van der Waals surface area contributed by atoms with E-state index in [1.165, 1.54) is 0 Å². The van der Waals surface area contributed by atoms with E-state index in [0.29, 0.717) is 6.04 Å². The lowest BCUT2D eigenvalue weighted by Gasteiger charge is -2.61. The first-order valence-corrected chi connectivity index (χ1v) is 10.4. The number of nitrogens with one attached hydrogen (secondary N) is 1. The van der Waals surface area contributed by atoms with Gasteiger partial charge in [0.15, 0.2) is 0 Å². The second kappa shape index (κ2) is 5.40. The highest BCUT2D eigenvalue weighted by molar-refractivity contribution is 6.87. The van der Waals surface area contributed by atoms with Crippen LogP contribution >= 0.6 is 0 Å². The maximum atomic E-state index is 10.8. The predicted molar refractivity (Wildman–Crippen MR) is 92.1 cm³/mol. The van der Waals surface area contributed by atoms with Gasteiger partial charge in [-0.3, -0.25) is 0 Å². The Balaban J connectivity index is 3.23. The molecule has 0 aliphatic carbocycles. The van der Waals surface area contributed by atoms with Gasteiger partial charge < -0.3 is 10.4 Å². The Hall–Kier alpha value is 0.137. The standard InChI is InChI=1S/C17H37NOSi/c1-15(2,3)20(16(4,5)6,17(7,8)9)12-14(19)13-10-11-18-13/h13-14,18-19H,10-12H2,1-9H3/t13?,14-/m1/s1. The van der Waals surface area contributed by atoms with Crippen molar-refractivity contribution in [3.05, 3.63) is 0 Å². The molecular weight excluding hydrogens is 262 g/mol. The zero-order valence-corrected chi connectivity index (χ0v) is 16.2. The van der Waals surface area contributed by atoms with Gasteiger partial charge in [-0.15, -0.1) is 0 Å². The van der Waals surface area contributed by atoms with Crippen molar-refractivity contribution in [1.29, 1.82) is 0 Å². The van der Waals surface area contributed by atoms with Crippen LogP contribution in [0.1, 0.15) is 68.7 Å². The Kier molecular flexibility index (Phi) is 4.91. The van der Waals surface area contributed by atoms with Gasteiger partial charge in [0.25, 0.3) is 0 Å². The zero-order valence-electron chi connectivity index (χ0n) is 15.2. The van der Waals surface area contributed by atoms with Gasteiger partial charge in [0, 0.05) is 6.04 Å². The van der Waals surface area contributed by atoms with Crippen molar-refractivity contribution in [2.24, 2.45) is 0 Å². The van der Waals surface area contributed by atoms with Crippen LogP contribution in [0.2, 0.25) is 21.2 Å². The van der Waals surface area contributed by atoms with E-state index in [4.69, 9.17) is 0 Å². The lowest BCUT2D eigenvalue weighted by atomic mass is 10.0. The first-order chi connectivity index (χ1) is 8.74. The van der Waals surface area contributed by atoms with Crippen LogP contribution in [0, 0.1) is 0 Å². The molecule has 1 saturated heterocycles. The van der Waals surface area contributed by atoms with Crippen LogP contribution in [0.15, 0.2) is 0 Å². The minimum absolute atomic E-state index is 0.187. The monoisotopic (exact) mass is 299 g/mol. The average molecular weight is 300 g/mol. The van der Waals surface area contributed by atoms with E-state index in [1.807, 2.05) is 0 Å². The number of hydrogen-bond acceptors (Lipinski definition) is 2. The van der Waals surface area contributed by atoms with E-state index >= 15 is 0 Å². The Morgan fingerprint density at radius 1 is 0.950 bits per heavy atom. The molecule has 3 heteroatoms. The Bertz CT molecular complexity index is 292. The summed E-state index contributed by atoms with van der Waals surface area (Å²) >= 11 is 0. The number of hydrogen-bond donors (Lipinski definition) is 2. The molecule has 1 rings (SSSR count). The second-order valence-corrected chi connectivity index (χ2v) is 16.5. The van der Waals surface area contributed by atoms with Crippen LogP contribution in [-0.2, 0) is 0 Å². The van der Waals surface area contributed by atoms with Crippen molar-refractivity contribution in [2.45, 2.75) is 102 Å². The molecule has 0 aromatic rings. The first kappa shape index (κ1) is 18.2. The van der Waals surface area contributed by atoms with E-state index in [2.05, 4.69) is 67.6 Å². The fourth-order valence-corrected chi connectivity index (χ4v) is 14.9. The quantitative estimate of drug-likeness (QED) is 0.749. The summed E-state index contributed by atoms with van der Waals surface area (Å²) in [6, 6.07) is 1.33. The van der Waals surface area contributed by atoms with Crippen LogP contribution in [0.5, 0.6) is 0 Å². The summed E-state index contributed by atoms with van der Waals surface area (Å²) in [5, 5.41) is 15.0. The summed E-state index contributed by atoms with van der Waals surface area (Å²) in [5.41, 5.74) is 0. The van der Waals surface area contributed by atoms with Crippen LogP contribution < -0.4 is 5.32 Å². The highest BCUT2D eigenvalue weighted by atomic mass is 28.3. The molecular formula is C17H37NOSi. The first-order valence-electron chi connectivity index (χ1n) is 8.15. The third-order valence-electron chi connectivity index (χ3n) is 5.68. The van der Waals surface area contributed by atoms with E-state index < -0.39 is 8.07 Å². The molecule has 0 saturated carbocycles. The fraction of sp³-hybridized carbons (Fsp3) is 1.00. The molecule has 2 atom stereocenters. The molecule has 1 fully saturated rings. The molecule has 1 aliphatic rings. The van der Waals surface area contributed by atoms with Gasteiger partial charge in [-0.05, 0) is 34.1 Å². The van der Waals surface area contributed by atoms with Crippen molar-refractivity contribution in [2.75, 3.05) is 6.54 Å². The van der Waals surface area contributed by atoms with Crippen LogP contribution in [-0.4, -0.2) is 31.9 Å². The SMILES string of the molecule is CC(C)(C)[Si](C[C@@H](O)C1CCN1)(C(C)(C)C)C(C)(C)C. The number of aliphatic hydroxyl groups is 1. The van der Waals surface area contributed by atoms with E-state index in [-0.39, 0.29) is 21.2 Å². The van der Waals surface area contributed by atoms with E-state index in [1.54, 1.807) is 0 Å². The Morgan fingerprint density at radius 2 is 1.30 bits per heavy atom. The summed E-state index contributed by atoms with van der Waals surface area (Å²) in [6.07, 6.45) is 0.942. The molecule has 2 nitrogen and oxygen atoms in total. The van der Waals surface area contributed by atoms with Gasteiger partial charge in [-0.25, -0.2) is 0 Å². The summed E-state index contributed by atoms with van der Waals surface area (Å²) in [7, 11) is -1.80. The summed E-state index contributed by atoms with van der Waals surface area (Å²) in [4.78, 5) is 0. The third kappa shape index (κ3) is 3.00. The Labute approximate surface area is 127 Å². The van der Waals surface area contributed by atoms with Gasteiger partial charge in [-0.1, -0.05) is 62.3 Å². The minimum Gasteiger partial charge on any atom is -0.392 e. The molecule has 0 aromatic carbocycles. The van der Waals surface area contributed by atoms with Gasteiger partial charge >= 0.3 is 0 Å². The van der Waals surface area contributed by atoms with Gasteiger partial charge in [0.05, 0.1) is 14.2 Å².